The number of hydrogen-bond donors (Lipinski definition) is 1. The summed E-state index contributed by atoms with van der Waals surface area (Å²) in [4.78, 5) is 24.2. The van der Waals surface area contributed by atoms with Crippen molar-refractivity contribution in [3.05, 3.63) is 0 Å². The lowest BCUT2D eigenvalue weighted by Crippen LogP contribution is -2.42. The van der Waals surface area contributed by atoms with Gasteiger partial charge in [-0.3, -0.25) is 14.8 Å². The number of ketones is 1. The molecule has 2 aliphatic rings. The van der Waals surface area contributed by atoms with Crippen molar-refractivity contribution in [1.29, 1.82) is 0 Å². The maximum absolute atomic E-state index is 12.3. The molecule has 0 heterocycles. The lowest BCUT2D eigenvalue weighted by atomic mass is 9.76. The molecule has 0 radical (unpaired) electrons. The Morgan fingerprint density at radius 1 is 1.22 bits per heavy atom. The Balaban J connectivity index is 2.34. The number of fused-ring (bicyclic) bond motifs is 2. The zero-order chi connectivity index (χ0) is 13.7. The number of hydrogen-bond acceptors (Lipinski definition) is 3. The Bertz CT molecular complexity index is 377. The van der Waals surface area contributed by atoms with E-state index in [0.717, 1.165) is 17.9 Å². The van der Waals surface area contributed by atoms with Crippen molar-refractivity contribution in [3.8, 4) is 0 Å². The summed E-state index contributed by atoms with van der Waals surface area (Å²) in [5.41, 5.74) is 0.0330. The lowest BCUT2D eigenvalue weighted by molar-refractivity contribution is -0.174. The number of Topliss-reactive ketones (excluding diaryl/α,β-unsaturated/α-hetero) is 1. The van der Waals surface area contributed by atoms with Gasteiger partial charge in [-0.2, -0.15) is 0 Å². The largest absolute Gasteiger partial charge is 0.300 e. The summed E-state index contributed by atoms with van der Waals surface area (Å²) >= 11 is 0. The van der Waals surface area contributed by atoms with Crippen LogP contribution in [-0.2, 0) is 9.59 Å². The summed E-state index contributed by atoms with van der Waals surface area (Å²) in [5.74, 6) is -0.172. The highest BCUT2D eigenvalue weighted by Crippen LogP contribution is 2.63. The first-order valence-electron chi connectivity index (χ1n) is 6.83. The first kappa shape index (κ1) is 13.5. The molecule has 4 unspecified atom stereocenters. The number of carbonyl (C=O) groups excluding carboxylic acids is 2. The summed E-state index contributed by atoms with van der Waals surface area (Å²) < 4.78 is 0. The molecule has 4 nitrogen and oxygen atoms in total. The molecule has 0 aromatic rings. The normalized spacial score (nSPS) is 36.7. The maximum Gasteiger partial charge on any atom is 0.250 e. The molecule has 1 N–H and O–H groups in total. The molecule has 102 valence electrons. The van der Waals surface area contributed by atoms with Gasteiger partial charge < -0.3 is 0 Å². The van der Waals surface area contributed by atoms with Crippen LogP contribution in [0.3, 0.4) is 0 Å². The smallest absolute Gasteiger partial charge is 0.250 e. The minimum absolute atomic E-state index is 0.0330. The van der Waals surface area contributed by atoms with Gasteiger partial charge in [-0.05, 0) is 43.9 Å². The minimum atomic E-state index is -0.318. The Kier molecular flexibility index (Phi) is 3.26. The SMILES string of the molecule is CCN(O)C(=O)C1C(C(C)=O)C2CCC1C2(C)C. The Morgan fingerprint density at radius 3 is 2.17 bits per heavy atom. The molecule has 4 heteroatoms. The highest BCUT2D eigenvalue weighted by molar-refractivity contribution is 5.89. The Labute approximate surface area is 108 Å². The average molecular weight is 253 g/mol. The van der Waals surface area contributed by atoms with Crippen molar-refractivity contribution in [3.63, 3.8) is 0 Å². The maximum atomic E-state index is 12.3. The average Bonchev–Trinajstić information content (AvgIpc) is 2.73. The summed E-state index contributed by atoms with van der Waals surface area (Å²) in [6.45, 7) is 7.91. The topological polar surface area (TPSA) is 57.6 Å². The van der Waals surface area contributed by atoms with Gasteiger partial charge in [0.25, 0.3) is 0 Å². The molecule has 1 amide bonds. The molecule has 2 saturated carbocycles. The fraction of sp³-hybridized carbons (Fsp3) is 0.857. The molecule has 0 aromatic carbocycles. The summed E-state index contributed by atoms with van der Waals surface area (Å²) in [7, 11) is 0. The monoisotopic (exact) mass is 253 g/mol. The molecule has 0 aliphatic heterocycles. The molecular formula is C14H23NO3. The predicted octanol–water partition coefficient (Wildman–Crippen LogP) is 2.11. The van der Waals surface area contributed by atoms with Crippen LogP contribution in [0.15, 0.2) is 0 Å². The van der Waals surface area contributed by atoms with Gasteiger partial charge >= 0.3 is 0 Å². The molecular weight excluding hydrogens is 230 g/mol. The van der Waals surface area contributed by atoms with Gasteiger partial charge in [0, 0.05) is 12.5 Å². The molecule has 2 bridgehead atoms. The number of carbonyl (C=O) groups is 2. The van der Waals surface area contributed by atoms with E-state index in [4.69, 9.17) is 0 Å². The van der Waals surface area contributed by atoms with Gasteiger partial charge in [0.2, 0.25) is 5.91 Å². The second kappa shape index (κ2) is 4.34. The van der Waals surface area contributed by atoms with Crippen LogP contribution in [0.2, 0.25) is 0 Å². The molecule has 2 rings (SSSR count). The third kappa shape index (κ3) is 1.69. The van der Waals surface area contributed by atoms with Crippen LogP contribution in [0.1, 0.15) is 40.5 Å². The molecule has 2 fully saturated rings. The lowest BCUT2D eigenvalue weighted by Gasteiger charge is -2.30. The number of rotatable bonds is 3. The van der Waals surface area contributed by atoms with Crippen LogP contribution >= 0.6 is 0 Å². The number of nitrogens with zero attached hydrogens (tertiary/aromatic N) is 1. The van der Waals surface area contributed by atoms with Crippen molar-refractivity contribution in [2.24, 2.45) is 29.1 Å². The molecule has 4 atom stereocenters. The first-order chi connectivity index (χ1) is 8.32. The van der Waals surface area contributed by atoms with Gasteiger partial charge in [0.1, 0.15) is 5.78 Å². The quantitative estimate of drug-likeness (QED) is 0.619. The molecule has 2 aliphatic carbocycles. The van der Waals surface area contributed by atoms with Gasteiger partial charge in [-0.1, -0.05) is 13.8 Å². The van der Waals surface area contributed by atoms with Crippen LogP contribution in [-0.4, -0.2) is 28.5 Å². The van der Waals surface area contributed by atoms with Crippen LogP contribution in [0, 0.1) is 29.1 Å². The van der Waals surface area contributed by atoms with E-state index in [1.165, 1.54) is 0 Å². The van der Waals surface area contributed by atoms with Gasteiger partial charge in [-0.25, -0.2) is 5.06 Å². The van der Waals surface area contributed by atoms with Gasteiger partial charge in [0.05, 0.1) is 5.92 Å². The molecule has 0 aromatic heterocycles. The summed E-state index contributed by atoms with van der Waals surface area (Å²) in [6.07, 6.45) is 2.03. The van der Waals surface area contributed by atoms with Crippen molar-refractivity contribution in [2.45, 2.75) is 40.5 Å². The molecule has 0 spiro atoms. The standard InChI is InChI=1S/C14H23NO3/c1-5-15(18)13(17)12-10-7-6-9(14(10,3)4)11(12)8(2)16/h9-12,18H,5-7H2,1-4H3. The first-order valence-corrected chi connectivity index (χ1v) is 6.83. The zero-order valence-electron chi connectivity index (χ0n) is 11.6. The summed E-state index contributed by atoms with van der Waals surface area (Å²) in [5, 5.41) is 10.4. The third-order valence-electron chi connectivity index (χ3n) is 5.26. The predicted molar refractivity (Wildman–Crippen MR) is 66.8 cm³/mol. The van der Waals surface area contributed by atoms with Crippen molar-refractivity contribution in [2.75, 3.05) is 6.54 Å². The van der Waals surface area contributed by atoms with Crippen LogP contribution < -0.4 is 0 Å². The van der Waals surface area contributed by atoms with Gasteiger partial charge in [-0.15, -0.1) is 0 Å². The number of hydroxylamine groups is 2. The Hall–Kier alpha value is -0.900. The van der Waals surface area contributed by atoms with Crippen molar-refractivity contribution >= 4 is 11.7 Å². The number of amides is 1. The van der Waals surface area contributed by atoms with Crippen molar-refractivity contribution < 1.29 is 14.8 Å². The fourth-order valence-corrected chi connectivity index (χ4v) is 4.35. The third-order valence-corrected chi connectivity index (χ3v) is 5.26. The highest BCUT2D eigenvalue weighted by atomic mass is 16.5. The van der Waals surface area contributed by atoms with E-state index < -0.39 is 0 Å². The van der Waals surface area contributed by atoms with E-state index in [2.05, 4.69) is 13.8 Å². The van der Waals surface area contributed by atoms with Crippen LogP contribution in [0.5, 0.6) is 0 Å². The summed E-state index contributed by atoms with van der Waals surface area (Å²) in [6, 6.07) is 0. The molecule has 0 saturated heterocycles. The second-order valence-electron chi connectivity index (χ2n) is 6.33. The highest BCUT2D eigenvalue weighted by Gasteiger charge is 2.62. The van der Waals surface area contributed by atoms with E-state index >= 15 is 0 Å². The van der Waals surface area contributed by atoms with Gasteiger partial charge in [0.15, 0.2) is 0 Å². The van der Waals surface area contributed by atoms with Crippen LogP contribution in [0.25, 0.3) is 0 Å². The van der Waals surface area contributed by atoms with E-state index in [1.807, 2.05) is 0 Å². The van der Waals surface area contributed by atoms with Crippen LogP contribution in [0.4, 0.5) is 0 Å². The van der Waals surface area contributed by atoms with E-state index in [0.29, 0.717) is 5.92 Å². The van der Waals surface area contributed by atoms with Crippen molar-refractivity contribution in [1.82, 2.24) is 5.06 Å². The zero-order valence-corrected chi connectivity index (χ0v) is 11.6. The molecule has 18 heavy (non-hydrogen) atoms. The van der Waals surface area contributed by atoms with E-state index in [-0.39, 0.29) is 41.4 Å². The Morgan fingerprint density at radius 2 is 1.72 bits per heavy atom. The minimum Gasteiger partial charge on any atom is -0.300 e. The fourth-order valence-electron chi connectivity index (χ4n) is 4.35. The van der Waals surface area contributed by atoms with E-state index in [1.54, 1.807) is 13.8 Å². The van der Waals surface area contributed by atoms with E-state index in [9.17, 15) is 14.8 Å². The second-order valence-corrected chi connectivity index (χ2v) is 6.33.